The number of nitrogens with zero attached hydrogens (tertiary/aromatic N) is 1. The highest BCUT2D eigenvalue weighted by molar-refractivity contribution is 8.18. The van der Waals surface area contributed by atoms with Crippen LogP contribution in [0.1, 0.15) is 18.1 Å². The van der Waals surface area contributed by atoms with Crippen molar-refractivity contribution >= 4 is 40.6 Å². The monoisotopic (exact) mass is 458 g/mol. The Morgan fingerprint density at radius 1 is 1.00 bits per heavy atom. The van der Waals surface area contributed by atoms with E-state index in [1.165, 1.54) is 11.8 Å². The van der Waals surface area contributed by atoms with Crippen LogP contribution >= 0.6 is 11.8 Å². The zero-order valence-corrected chi connectivity index (χ0v) is 18.8. The molecule has 33 heavy (non-hydrogen) atoms. The minimum absolute atomic E-state index is 0.0351. The minimum Gasteiger partial charge on any atom is -0.494 e. The molecular formula is C26H22N2O4S. The van der Waals surface area contributed by atoms with E-state index in [4.69, 9.17) is 9.84 Å². The molecule has 1 aliphatic heterocycles. The number of carboxylic acids is 1. The van der Waals surface area contributed by atoms with Gasteiger partial charge in [0.2, 0.25) is 0 Å². The number of nitrogens with one attached hydrogen (secondary N) is 1. The Morgan fingerprint density at radius 3 is 2.24 bits per heavy atom. The molecule has 1 saturated heterocycles. The summed E-state index contributed by atoms with van der Waals surface area (Å²) in [6, 6.07) is 22.9. The van der Waals surface area contributed by atoms with E-state index in [1.807, 2.05) is 61.5 Å². The first-order valence-electron chi connectivity index (χ1n) is 10.4. The number of hydrogen-bond donors (Lipinski definition) is 2. The average molecular weight is 459 g/mol. The highest BCUT2D eigenvalue weighted by atomic mass is 32.2. The molecule has 3 aromatic carbocycles. The Balaban J connectivity index is 1.44. The van der Waals surface area contributed by atoms with E-state index in [0.717, 1.165) is 22.4 Å². The molecule has 1 fully saturated rings. The Morgan fingerprint density at radius 2 is 1.64 bits per heavy atom. The number of rotatable bonds is 7. The van der Waals surface area contributed by atoms with Crippen molar-refractivity contribution < 1.29 is 19.4 Å². The summed E-state index contributed by atoms with van der Waals surface area (Å²) in [7, 11) is 0. The zero-order chi connectivity index (χ0) is 23.2. The van der Waals surface area contributed by atoms with E-state index < -0.39 is 5.97 Å². The van der Waals surface area contributed by atoms with Crippen LogP contribution in [0.2, 0.25) is 0 Å². The van der Waals surface area contributed by atoms with Gasteiger partial charge in [-0.25, -0.2) is 4.99 Å². The molecule has 0 radical (unpaired) electrons. The van der Waals surface area contributed by atoms with Crippen molar-refractivity contribution in [1.82, 2.24) is 5.32 Å². The van der Waals surface area contributed by atoms with Gasteiger partial charge in [0, 0.05) is 0 Å². The van der Waals surface area contributed by atoms with Crippen molar-refractivity contribution in [2.45, 2.75) is 13.3 Å². The number of ether oxygens (including phenoxy) is 1. The number of carbonyl (C=O) groups is 2. The van der Waals surface area contributed by atoms with Crippen LogP contribution in [0.4, 0.5) is 5.69 Å². The molecular weight excluding hydrogens is 436 g/mol. The number of aliphatic carboxylic acids is 1. The van der Waals surface area contributed by atoms with Gasteiger partial charge in [-0.1, -0.05) is 48.5 Å². The number of carbonyl (C=O) groups excluding carboxylic acids is 1. The van der Waals surface area contributed by atoms with Crippen molar-refractivity contribution in [1.29, 1.82) is 0 Å². The van der Waals surface area contributed by atoms with Gasteiger partial charge in [-0.15, -0.1) is 0 Å². The molecule has 0 atom stereocenters. The smallest absolute Gasteiger partial charge is 0.307 e. The molecule has 1 amide bonds. The van der Waals surface area contributed by atoms with Crippen LogP contribution in [0.5, 0.6) is 5.75 Å². The van der Waals surface area contributed by atoms with Crippen LogP contribution in [-0.2, 0) is 16.0 Å². The first kappa shape index (κ1) is 22.4. The van der Waals surface area contributed by atoms with Crippen LogP contribution in [0, 0.1) is 0 Å². The number of benzene rings is 3. The summed E-state index contributed by atoms with van der Waals surface area (Å²) < 4.78 is 5.49. The van der Waals surface area contributed by atoms with Gasteiger partial charge in [0.15, 0.2) is 5.17 Å². The number of hydrogen-bond acceptors (Lipinski definition) is 5. The lowest BCUT2D eigenvalue weighted by molar-refractivity contribution is -0.136. The molecule has 1 aliphatic rings. The SMILES string of the molecule is CCOc1ccc(-c2ccc(C=C3SC(=Nc4ccc(CC(=O)O)cc4)NC3=O)cc2)cc1. The fourth-order valence-corrected chi connectivity index (χ4v) is 4.14. The van der Waals surface area contributed by atoms with Crippen molar-refractivity contribution in [3.63, 3.8) is 0 Å². The van der Waals surface area contributed by atoms with Crippen molar-refractivity contribution in [3.8, 4) is 16.9 Å². The van der Waals surface area contributed by atoms with Crippen LogP contribution in [0.3, 0.4) is 0 Å². The molecule has 0 aromatic heterocycles. The predicted octanol–water partition coefficient (Wildman–Crippen LogP) is 5.27. The van der Waals surface area contributed by atoms with E-state index in [2.05, 4.69) is 10.3 Å². The van der Waals surface area contributed by atoms with E-state index in [-0.39, 0.29) is 12.3 Å². The fraction of sp³-hybridized carbons (Fsp3) is 0.115. The van der Waals surface area contributed by atoms with E-state index >= 15 is 0 Å². The number of thioether (sulfide) groups is 1. The maximum absolute atomic E-state index is 12.4. The van der Waals surface area contributed by atoms with Crippen molar-refractivity contribution in [2.75, 3.05) is 6.61 Å². The topological polar surface area (TPSA) is 88.0 Å². The quantitative estimate of drug-likeness (QED) is 0.471. The van der Waals surface area contributed by atoms with Gasteiger partial charge in [-0.2, -0.15) is 0 Å². The molecule has 166 valence electrons. The third-order valence-electron chi connectivity index (χ3n) is 4.88. The van der Waals surface area contributed by atoms with Crippen LogP contribution in [-0.4, -0.2) is 28.8 Å². The first-order valence-corrected chi connectivity index (χ1v) is 11.3. The number of amides is 1. The molecule has 0 saturated carbocycles. The largest absolute Gasteiger partial charge is 0.494 e. The van der Waals surface area contributed by atoms with E-state index in [9.17, 15) is 9.59 Å². The lowest BCUT2D eigenvalue weighted by Crippen LogP contribution is -2.19. The second kappa shape index (κ2) is 10.2. The number of carboxylic acid groups (broad SMARTS) is 1. The summed E-state index contributed by atoms with van der Waals surface area (Å²) in [5.41, 5.74) is 4.44. The van der Waals surface area contributed by atoms with Gasteiger partial charge in [0.25, 0.3) is 5.91 Å². The molecule has 6 nitrogen and oxygen atoms in total. The Bertz CT molecular complexity index is 1210. The molecule has 0 unspecified atom stereocenters. The molecule has 7 heteroatoms. The van der Waals surface area contributed by atoms with Crippen LogP contribution in [0.15, 0.2) is 82.7 Å². The van der Waals surface area contributed by atoms with Gasteiger partial charge in [0.05, 0.1) is 23.6 Å². The van der Waals surface area contributed by atoms with Gasteiger partial charge >= 0.3 is 5.97 Å². The standard InChI is InChI=1S/C26H22N2O4S/c1-2-32-22-13-9-20(10-14-22)19-7-3-17(4-8-19)15-23-25(31)28-26(33-23)27-21-11-5-18(6-12-21)16-24(29)30/h3-15H,2,16H2,1H3,(H,29,30)(H,27,28,31). The summed E-state index contributed by atoms with van der Waals surface area (Å²) in [4.78, 5) is 28.2. The maximum atomic E-state index is 12.4. The highest BCUT2D eigenvalue weighted by Gasteiger charge is 2.23. The minimum atomic E-state index is -0.880. The third-order valence-corrected chi connectivity index (χ3v) is 5.79. The average Bonchev–Trinajstić information content (AvgIpc) is 3.14. The van der Waals surface area contributed by atoms with Crippen molar-refractivity contribution in [3.05, 3.63) is 88.8 Å². The second-order valence-corrected chi connectivity index (χ2v) is 8.33. The van der Waals surface area contributed by atoms with Gasteiger partial charge < -0.3 is 15.2 Å². The summed E-state index contributed by atoms with van der Waals surface area (Å²) in [6.45, 7) is 2.60. The van der Waals surface area contributed by atoms with Gasteiger partial charge in [-0.3, -0.25) is 9.59 Å². The third kappa shape index (κ3) is 5.90. The Kier molecular flexibility index (Phi) is 6.90. The first-order chi connectivity index (χ1) is 16.0. The lowest BCUT2D eigenvalue weighted by atomic mass is 10.0. The molecule has 3 aromatic rings. The molecule has 0 aliphatic carbocycles. The number of aliphatic imine (C=N–C) groups is 1. The molecule has 0 spiro atoms. The normalized spacial score (nSPS) is 15.6. The van der Waals surface area contributed by atoms with Crippen molar-refractivity contribution in [2.24, 2.45) is 4.99 Å². The van der Waals surface area contributed by atoms with Gasteiger partial charge in [-0.05, 0) is 71.3 Å². The Hall–Kier alpha value is -3.84. The van der Waals surface area contributed by atoms with Crippen LogP contribution in [0.25, 0.3) is 17.2 Å². The predicted molar refractivity (Wildman–Crippen MR) is 132 cm³/mol. The molecule has 0 bridgehead atoms. The summed E-state index contributed by atoms with van der Waals surface area (Å²) in [6.07, 6.45) is 1.80. The van der Waals surface area contributed by atoms with Crippen LogP contribution < -0.4 is 10.1 Å². The van der Waals surface area contributed by atoms with Gasteiger partial charge in [0.1, 0.15) is 5.75 Å². The summed E-state index contributed by atoms with van der Waals surface area (Å²) >= 11 is 1.27. The molecule has 4 rings (SSSR count). The fourth-order valence-electron chi connectivity index (χ4n) is 3.29. The summed E-state index contributed by atoms with van der Waals surface area (Å²) in [5.74, 6) is -0.229. The zero-order valence-electron chi connectivity index (χ0n) is 17.9. The Labute approximate surface area is 196 Å². The number of amidine groups is 1. The second-order valence-electron chi connectivity index (χ2n) is 7.30. The highest BCUT2D eigenvalue weighted by Crippen LogP contribution is 2.29. The van der Waals surface area contributed by atoms with E-state index in [1.54, 1.807) is 24.3 Å². The maximum Gasteiger partial charge on any atom is 0.307 e. The molecule has 2 N–H and O–H groups in total. The summed E-state index contributed by atoms with van der Waals surface area (Å²) in [5, 5.41) is 12.1. The molecule has 1 heterocycles. The lowest BCUT2D eigenvalue weighted by Gasteiger charge is -2.06. The van der Waals surface area contributed by atoms with E-state index in [0.29, 0.717) is 27.9 Å².